The molecule has 5 rings (SSSR count). The third kappa shape index (κ3) is 4.07. The van der Waals surface area contributed by atoms with E-state index >= 15 is 0 Å². The number of hydrogen-bond donors (Lipinski definition) is 0. The van der Waals surface area contributed by atoms with Crippen molar-refractivity contribution in [2.45, 2.75) is 11.8 Å². The van der Waals surface area contributed by atoms with Crippen molar-refractivity contribution in [3.05, 3.63) is 124 Å². The summed E-state index contributed by atoms with van der Waals surface area (Å²) < 4.78 is 30.3. The molecule has 0 atom stereocenters. The van der Waals surface area contributed by atoms with E-state index in [1.807, 2.05) is 97.9 Å². The Morgan fingerprint density at radius 3 is 2.09 bits per heavy atom. The Kier molecular flexibility index (Phi) is 5.87. The van der Waals surface area contributed by atoms with E-state index in [-0.39, 0.29) is 4.90 Å². The zero-order chi connectivity index (χ0) is 23.7. The fourth-order valence-electron chi connectivity index (χ4n) is 3.95. The molecular formula is C29H20BrNO2S. The van der Waals surface area contributed by atoms with Gasteiger partial charge in [-0.15, -0.1) is 0 Å². The molecule has 4 aromatic carbocycles. The van der Waals surface area contributed by atoms with Crippen molar-refractivity contribution >= 4 is 36.9 Å². The van der Waals surface area contributed by atoms with Gasteiger partial charge >= 0.3 is 0 Å². The molecule has 166 valence electrons. The summed E-state index contributed by atoms with van der Waals surface area (Å²) in [7, 11) is -3.90. The van der Waals surface area contributed by atoms with Crippen LogP contribution in [0.5, 0.6) is 0 Å². The molecule has 0 amide bonds. The largest absolute Gasteiger partial charge is 0.269 e. The molecule has 0 saturated carbocycles. The summed E-state index contributed by atoms with van der Waals surface area (Å²) in [5.41, 5.74) is 4.55. The minimum atomic E-state index is -3.90. The second-order valence-corrected chi connectivity index (χ2v) is 10.6. The summed E-state index contributed by atoms with van der Waals surface area (Å²) in [5, 5.41) is 0.837. The smallest absolute Gasteiger partial charge is 0.225 e. The van der Waals surface area contributed by atoms with Gasteiger partial charge in [-0.05, 0) is 60.9 Å². The number of fused-ring (bicyclic) bond motifs is 1. The van der Waals surface area contributed by atoms with Gasteiger partial charge in [-0.1, -0.05) is 88.1 Å². The molecule has 0 N–H and O–H groups in total. The third-order valence-electron chi connectivity index (χ3n) is 5.62. The lowest BCUT2D eigenvalue weighted by Crippen LogP contribution is -2.15. The molecule has 0 radical (unpaired) electrons. The molecule has 0 fully saturated rings. The Hall–Kier alpha value is -3.59. The third-order valence-corrected chi connectivity index (χ3v) is 7.88. The maximum absolute atomic E-state index is 14.0. The fourth-order valence-corrected chi connectivity index (χ4v) is 5.70. The van der Waals surface area contributed by atoms with Crippen molar-refractivity contribution in [1.29, 1.82) is 0 Å². The van der Waals surface area contributed by atoms with Crippen molar-refractivity contribution in [3.8, 4) is 23.0 Å². The van der Waals surface area contributed by atoms with Gasteiger partial charge in [0.05, 0.1) is 10.4 Å². The van der Waals surface area contributed by atoms with Crippen molar-refractivity contribution in [2.75, 3.05) is 0 Å². The van der Waals surface area contributed by atoms with Crippen LogP contribution in [0, 0.1) is 18.8 Å². The van der Waals surface area contributed by atoms with Crippen molar-refractivity contribution < 1.29 is 8.42 Å². The monoisotopic (exact) mass is 525 g/mol. The van der Waals surface area contributed by atoms with Crippen LogP contribution >= 0.6 is 15.9 Å². The van der Waals surface area contributed by atoms with E-state index in [0.29, 0.717) is 11.2 Å². The summed E-state index contributed by atoms with van der Waals surface area (Å²) in [5.74, 6) is 6.39. The highest BCUT2D eigenvalue weighted by atomic mass is 79.9. The first-order chi connectivity index (χ1) is 16.4. The lowest BCUT2D eigenvalue weighted by Gasteiger charge is -2.10. The molecule has 0 aliphatic rings. The summed E-state index contributed by atoms with van der Waals surface area (Å²) >= 11 is 3.44. The molecule has 0 saturated heterocycles. The molecule has 0 unspecified atom stereocenters. The molecule has 0 aliphatic heterocycles. The molecular weight excluding hydrogens is 506 g/mol. The summed E-state index contributed by atoms with van der Waals surface area (Å²) in [6.45, 7) is 1.93. The molecule has 34 heavy (non-hydrogen) atoms. The molecule has 0 aliphatic carbocycles. The molecule has 3 nitrogen and oxygen atoms in total. The van der Waals surface area contributed by atoms with Crippen LogP contribution in [0.4, 0.5) is 0 Å². The summed E-state index contributed by atoms with van der Waals surface area (Å²) in [6.07, 6.45) is 0. The highest BCUT2D eigenvalue weighted by molar-refractivity contribution is 9.10. The minimum absolute atomic E-state index is 0.227. The first-order valence-electron chi connectivity index (χ1n) is 10.7. The van der Waals surface area contributed by atoms with Gasteiger partial charge in [-0.3, -0.25) is 0 Å². The van der Waals surface area contributed by atoms with Crippen LogP contribution in [0.15, 0.2) is 112 Å². The van der Waals surface area contributed by atoms with Crippen LogP contribution in [0.25, 0.3) is 22.0 Å². The number of rotatable bonds is 3. The number of aromatic nitrogens is 1. The van der Waals surface area contributed by atoms with E-state index in [2.05, 4.69) is 27.8 Å². The summed E-state index contributed by atoms with van der Waals surface area (Å²) in [4.78, 5) is 0.227. The Morgan fingerprint density at radius 1 is 0.735 bits per heavy atom. The predicted molar refractivity (Wildman–Crippen MR) is 141 cm³/mol. The maximum atomic E-state index is 14.0. The predicted octanol–water partition coefficient (Wildman–Crippen LogP) is 7.02. The highest BCUT2D eigenvalue weighted by Crippen LogP contribution is 2.37. The van der Waals surface area contributed by atoms with Gasteiger partial charge in [-0.2, -0.15) is 0 Å². The minimum Gasteiger partial charge on any atom is -0.225 e. The van der Waals surface area contributed by atoms with Gasteiger partial charge < -0.3 is 0 Å². The fraction of sp³-hybridized carbons (Fsp3) is 0.0345. The number of halogens is 1. The zero-order valence-electron chi connectivity index (χ0n) is 18.4. The topological polar surface area (TPSA) is 39.1 Å². The maximum Gasteiger partial charge on any atom is 0.269 e. The molecule has 1 heterocycles. The van der Waals surface area contributed by atoms with Crippen LogP contribution in [-0.4, -0.2) is 12.4 Å². The molecule has 5 aromatic rings. The van der Waals surface area contributed by atoms with Gasteiger partial charge in [0.25, 0.3) is 10.0 Å². The first-order valence-corrected chi connectivity index (χ1v) is 13.0. The quantitative estimate of drug-likeness (QED) is 0.237. The SMILES string of the molecule is Cc1ccc(S(=O)(=O)n2c(C#Cc3ccc(Br)cc3)c(-c3ccccc3)c3ccccc32)cc1. The second kappa shape index (κ2) is 8.98. The Balaban J connectivity index is 1.86. The number of para-hydroxylation sites is 1. The van der Waals surface area contributed by atoms with Gasteiger partial charge in [0.1, 0.15) is 5.69 Å². The van der Waals surface area contributed by atoms with Crippen LogP contribution in [-0.2, 0) is 10.0 Å². The standard InChI is InChI=1S/C29H20BrNO2S/c1-21-11-18-25(19-12-21)34(32,33)31-27-10-6-5-9-26(27)29(23-7-3-2-4-8-23)28(31)20-15-22-13-16-24(30)17-14-22/h2-14,16-19H,1H3. The Bertz CT molecular complexity index is 1660. The lowest BCUT2D eigenvalue weighted by atomic mass is 10.0. The Labute approximate surface area is 207 Å². The number of benzene rings is 4. The van der Waals surface area contributed by atoms with Gasteiger partial charge in [0.2, 0.25) is 0 Å². The average Bonchev–Trinajstić information content (AvgIpc) is 3.19. The average molecular weight is 526 g/mol. The van der Waals surface area contributed by atoms with Crippen LogP contribution < -0.4 is 0 Å². The van der Waals surface area contributed by atoms with E-state index in [4.69, 9.17) is 0 Å². The van der Waals surface area contributed by atoms with Gasteiger partial charge in [0.15, 0.2) is 0 Å². The van der Waals surface area contributed by atoms with Crippen LogP contribution in [0.2, 0.25) is 0 Å². The van der Waals surface area contributed by atoms with Gasteiger partial charge in [-0.25, -0.2) is 12.4 Å². The first kappa shape index (κ1) is 22.2. The van der Waals surface area contributed by atoms with E-state index in [1.54, 1.807) is 12.1 Å². The summed E-state index contributed by atoms with van der Waals surface area (Å²) in [6, 6.07) is 31.9. The second-order valence-electron chi connectivity index (χ2n) is 7.95. The Morgan fingerprint density at radius 2 is 1.38 bits per heavy atom. The molecule has 1 aromatic heterocycles. The highest BCUT2D eigenvalue weighted by Gasteiger charge is 2.26. The zero-order valence-corrected chi connectivity index (χ0v) is 20.8. The van der Waals surface area contributed by atoms with E-state index in [9.17, 15) is 8.42 Å². The van der Waals surface area contributed by atoms with E-state index in [0.717, 1.165) is 32.1 Å². The van der Waals surface area contributed by atoms with Crippen molar-refractivity contribution in [1.82, 2.24) is 3.97 Å². The lowest BCUT2D eigenvalue weighted by molar-refractivity contribution is 0.588. The van der Waals surface area contributed by atoms with Crippen LogP contribution in [0.1, 0.15) is 16.8 Å². The molecule has 5 heteroatoms. The van der Waals surface area contributed by atoms with Gasteiger partial charge in [0, 0.05) is 21.0 Å². The number of aryl methyl sites for hydroxylation is 1. The molecule has 0 spiro atoms. The van der Waals surface area contributed by atoms with Crippen LogP contribution in [0.3, 0.4) is 0 Å². The van der Waals surface area contributed by atoms with Crippen molar-refractivity contribution in [3.63, 3.8) is 0 Å². The number of nitrogens with zero attached hydrogens (tertiary/aromatic N) is 1. The van der Waals surface area contributed by atoms with E-state index < -0.39 is 10.0 Å². The normalized spacial score (nSPS) is 11.2. The number of hydrogen-bond acceptors (Lipinski definition) is 2. The molecule has 0 bridgehead atoms. The van der Waals surface area contributed by atoms with Crippen molar-refractivity contribution in [2.24, 2.45) is 0 Å². The van der Waals surface area contributed by atoms with E-state index in [1.165, 1.54) is 3.97 Å².